The van der Waals surface area contributed by atoms with Crippen LogP contribution in [0.15, 0.2) is 67.4 Å². The fourth-order valence-corrected chi connectivity index (χ4v) is 3.57. The molecule has 0 bridgehead atoms. The standard InChI is InChI=1S/C21H18N2O5S/c1-13-4-3-5-16(8-13)26-11-19-22-23-21(28-19)29-12-14-9-20(24)27-18-10-15(25-2)6-7-17(14)18/h3-10H,11-12H2,1-2H3. The molecular formula is C21H18N2O5S. The van der Waals surface area contributed by atoms with E-state index >= 15 is 0 Å². The summed E-state index contributed by atoms with van der Waals surface area (Å²) < 4.78 is 21.8. The zero-order chi connectivity index (χ0) is 20.2. The van der Waals surface area contributed by atoms with Gasteiger partial charge in [-0.2, -0.15) is 0 Å². The Morgan fingerprint density at radius 2 is 1.93 bits per heavy atom. The highest BCUT2D eigenvalue weighted by molar-refractivity contribution is 7.98. The van der Waals surface area contributed by atoms with Gasteiger partial charge in [0.1, 0.15) is 17.1 Å². The van der Waals surface area contributed by atoms with Crippen LogP contribution in [0.3, 0.4) is 0 Å². The Kier molecular flexibility index (Phi) is 5.53. The average molecular weight is 410 g/mol. The zero-order valence-electron chi connectivity index (χ0n) is 15.9. The van der Waals surface area contributed by atoms with Gasteiger partial charge in [-0.15, -0.1) is 10.2 Å². The molecular weight excluding hydrogens is 392 g/mol. The van der Waals surface area contributed by atoms with Crippen molar-refractivity contribution in [1.29, 1.82) is 0 Å². The van der Waals surface area contributed by atoms with Crippen molar-refractivity contribution in [2.75, 3.05) is 7.11 Å². The number of aromatic nitrogens is 2. The monoisotopic (exact) mass is 410 g/mol. The van der Waals surface area contributed by atoms with Crippen LogP contribution in [0.2, 0.25) is 0 Å². The Bertz CT molecular complexity index is 1200. The van der Waals surface area contributed by atoms with Crippen LogP contribution in [0, 0.1) is 6.92 Å². The van der Waals surface area contributed by atoms with Crippen LogP contribution >= 0.6 is 11.8 Å². The third kappa shape index (κ3) is 4.60. The van der Waals surface area contributed by atoms with Crippen LogP contribution in [0.5, 0.6) is 11.5 Å². The molecule has 0 spiro atoms. The first kappa shape index (κ1) is 19.1. The predicted molar refractivity (Wildman–Crippen MR) is 108 cm³/mol. The SMILES string of the molecule is COc1ccc2c(CSc3nnc(COc4cccc(C)c4)o3)cc(=O)oc2c1. The highest BCUT2D eigenvalue weighted by Crippen LogP contribution is 2.28. The molecule has 0 N–H and O–H groups in total. The summed E-state index contributed by atoms with van der Waals surface area (Å²) in [4.78, 5) is 11.9. The summed E-state index contributed by atoms with van der Waals surface area (Å²) >= 11 is 1.34. The van der Waals surface area contributed by atoms with Gasteiger partial charge in [0.25, 0.3) is 11.1 Å². The lowest BCUT2D eigenvalue weighted by Crippen LogP contribution is -2.00. The molecule has 7 nitrogen and oxygen atoms in total. The number of benzene rings is 2. The molecule has 0 saturated carbocycles. The lowest BCUT2D eigenvalue weighted by molar-refractivity contribution is 0.252. The third-order valence-corrected chi connectivity index (χ3v) is 5.06. The van der Waals surface area contributed by atoms with Crippen molar-refractivity contribution >= 4 is 22.7 Å². The average Bonchev–Trinajstić information content (AvgIpc) is 3.18. The topological polar surface area (TPSA) is 87.6 Å². The van der Waals surface area contributed by atoms with Crippen LogP contribution < -0.4 is 15.1 Å². The van der Waals surface area contributed by atoms with E-state index in [9.17, 15) is 4.79 Å². The van der Waals surface area contributed by atoms with Crippen molar-refractivity contribution in [1.82, 2.24) is 10.2 Å². The van der Waals surface area contributed by atoms with E-state index < -0.39 is 5.63 Å². The summed E-state index contributed by atoms with van der Waals surface area (Å²) in [5, 5.41) is 9.28. The molecule has 148 valence electrons. The third-order valence-electron chi connectivity index (χ3n) is 4.19. The molecule has 0 aliphatic heterocycles. The second-order valence-corrected chi connectivity index (χ2v) is 7.23. The number of rotatable bonds is 7. The van der Waals surface area contributed by atoms with E-state index in [1.54, 1.807) is 13.2 Å². The molecule has 2 aromatic heterocycles. The molecule has 29 heavy (non-hydrogen) atoms. The van der Waals surface area contributed by atoms with Gasteiger partial charge >= 0.3 is 5.63 Å². The molecule has 0 radical (unpaired) electrons. The number of methoxy groups -OCH3 is 1. The fourth-order valence-electron chi connectivity index (χ4n) is 2.80. The van der Waals surface area contributed by atoms with Gasteiger partial charge in [0.2, 0.25) is 0 Å². The maximum atomic E-state index is 11.9. The van der Waals surface area contributed by atoms with E-state index in [0.717, 1.165) is 22.3 Å². The maximum Gasteiger partial charge on any atom is 0.336 e. The second-order valence-electron chi connectivity index (χ2n) is 6.31. The first-order valence-corrected chi connectivity index (χ1v) is 9.85. The first-order valence-electron chi connectivity index (χ1n) is 8.86. The number of fused-ring (bicyclic) bond motifs is 1. The molecule has 0 saturated heterocycles. The van der Waals surface area contributed by atoms with Crippen LogP contribution in [0.1, 0.15) is 17.0 Å². The van der Waals surface area contributed by atoms with Crippen LogP contribution in [0.4, 0.5) is 0 Å². The Morgan fingerprint density at radius 1 is 1.03 bits per heavy atom. The van der Waals surface area contributed by atoms with Crippen molar-refractivity contribution in [3.05, 3.63) is 76.0 Å². The van der Waals surface area contributed by atoms with Gasteiger partial charge in [0, 0.05) is 23.3 Å². The molecule has 4 rings (SSSR count). The minimum atomic E-state index is -0.417. The molecule has 8 heteroatoms. The van der Waals surface area contributed by atoms with E-state index in [-0.39, 0.29) is 6.61 Å². The molecule has 0 atom stereocenters. The molecule has 4 aromatic rings. The smallest absolute Gasteiger partial charge is 0.336 e. The fraction of sp³-hybridized carbons (Fsp3) is 0.190. The first-order chi connectivity index (χ1) is 14.1. The van der Waals surface area contributed by atoms with Crippen molar-refractivity contribution in [3.8, 4) is 11.5 Å². The van der Waals surface area contributed by atoms with Crippen molar-refractivity contribution in [2.45, 2.75) is 24.5 Å². The molecule has 2 heterocycles. The summed E-state index contributed by atoms with van der Waals surface area (Å²) in [6, 6.07) is 14.6. The zero-order valence-corrected chi connectivity index (χ0v) is 16.7. The van der Waals surface area contributed by atoms with E-state index in [0.29, 0.717) is 28.2 Å². The Morgan fingerprint density at radius 3 is 2.76 bits per heavy atom. The number of aryl methyl sites for hydroxylation is 1. The van der Waals surface area contributed by atoms with Gasteiger partial charge < -0.3 is 18.3 Å². The van der Waals surface area contributed by atoms with E-state index in [1.807, 2.05) is 43.3 Å². The van der Waals surface area contributed by atoms with Gasteiger partial charge in [0.05, 0.1) is 7.11 Å². The van der Waals surface area contributed by atoms with Crippen LogP contribution in [-0.4, -0.2) is 17.3 Å². The van der Waals surface area contributed by atoms with E-state index in [2.05, 4.69) is 10.2 Å². The number of thioether (sulfide) groups is 1. The lowest BCUT2D eigenvalue weighted by Gasteiger charge is -2.05. The maximum absolute atomic E-state index is 11.9. The van der Waals surface area contributed by atoms with Gasteiger partial charge in [-0.1, -0.05) is 23.9 Å². The summed E-state index contributed by atoms with van der Waals surface area (Å²) in [5.41, 5.74) is 1.99. The summed E-state index contributed by atoms with van der Waals surface area (Å²) in [7, 11) is 1.56. The lowest BCUT2D eigenvalue weighted by atomic mass is 10.1. The minimum Gasteiger partial charge on any atom is -0.497 e. The molecule has 0 amide bonds. The van der Waals surface area contributed by atoms with E-state index in [1.165, 1.54) is 17.8 Å². The normalized spacial score (nSPS) is 11.0. The molecule has 0 fully saturated rings. The number of hydrogen-bond donors (Lipinski definition) is 0. The predicted octanol–water partition coefficient (Wildman–Crippen LogP) is 4.36. The Labute approximate surface area is 170 Å². The summed E-state index contributed by atoms with van der Waals surface area (Å²) in [6.07, 6.45) is 0. The second kappa shape index (κ2) is 8.40. The number of ether oxygens (including phenoxy) is 2. The van der Waals surface area contributed by atoms with Crippen LogP contribution in [-0.2, 0) is 12.4 Å². The van der Waals surface area contributed by atoms with Gasteiger partial charge in [-0.05, 0) is 42.3 Å². The summed E-state index contributed by atoms with van der Waals surface area (Å²) in [5.74, 6) is 2.24. The van der Waals surface area contributed by atoms with Gasteiger partial charge in [-0.25, -0.2) is 4.79 Å². The quantitative estimate of drug-likeness (QED) is 0.328. The Balaban J connectivity index is 1.44. The van der Waals surface area contributed by atoms with Crippen molar-refractivity contribution in [3.63, 3.8) is 0 Å². The minimum absolute atomic E-state index is 0.189. The molecule has 2 aromatic carbocycles. The highest BCUT2D eigenvalue weighted by atomic mass is 32.2. The number of nitrogens with zero attached hydrogens (tertiary/aromatic N) is 2. The van der Waals surface area contributed by atoms with Gasteiger partial charge in [0.15, 0.2) is 6.61 Å². The highest BCUT2D eigenvalue weighted by Gasteiger charge is 2.11. The van der Waals surface area contributed by atoms with Crippen molar-refractivity contribution in [2.24, 2.45) is 0 Å². The largest absolute Gasteiger partial charge is 0.497 e. The molecule has 0 aliphatic carbocycles. The summed E-state index contributed by atoms with van der Waals surface area (Å²) in [6.45, 7) is 2.19. The molecule has 0 unspecified atom stereocenters. The van der Waals surface area contributed by atoms with E-state index in [4.69, 9.17) is 18.3 Å². The van der Waals surface area contributed by atoms with Gasteiger partial charge in [-0.3, -0.25) is 0 Å². The molecule has 0 aliphatic rings. The van der Waals surface area contributed by atoms with Crippen molar-refractivity contribution < 1.29 is 18.3 Å². The van der Waals surface area contributed by atoms with Crippen LogP contribution in [0.25, 0.3) is 11.0 Å². The number of hydrogen-bond acceptors (Lipinski definition) is 8. The Hall–Kier alpha value is -3.26.